The maximum absolute atomic E-state index is 12.9. The maximum atomic E-state index is 12.9. The summed E-state index contributed by atoms with van der Waals surface area (Å²) < 4.78 is 45.2. The van der Waals surface area contributed by atoms with Gasteiger partial charge in [0.2, 0.25) is 5.82 Å². The van der Waals surface area contributed by atoms with Crippen LogP contribution in [0.25, 0.3) is 17.1 Å². The third-order valence-electron chi connectivity index (χ3n) is 6.78. The summed E-state index contributed by atoms with van der Waals surface area (Å²) in [6.07, 6.45) is -4.62. The number of benzene rings is 2. The molecule has 0 unspecified atom stereocenters. The number of carbonyl (C=O) groups is 1. The number of hydrogen-bond acceptors (Lipinski definition) is 7. The third kappa shape index (κ3) is 6.68. The Hall–Kier alpha value is -3.35. The quantitative estimate of drug-likeness (QED) is 0.406. The number of nitrogens with zero attached hydrogens (tertiary/aromatic N) is 5. The van der Waals surface area contributed by atoms with Crippen molar-refractivity contribution in [3.63, 3.8) is 0 Å². The number of rotatable bonds is 8. The van der Waals surface area contributed by atoms with Gasteiger partial charge in [0.15, 0.2) is 5.82 Å². The molecule has 0 saturated carbocycles. The number of hydrogen-bond donors (Lipinski definition) is 2. The van der Waals surface area contributed by atoms with E-state index in [0.717, 1.165) is 37.3 Å². The van der Waals surface area contributed by atoms with Crippen molar-refractivity contribution in [1.82, 2.24) is 29.9 Å². The van der Waals surface area contributed by atoms with Gasteiger partial charge in [-0.3, -0.25) is 14.3 Å². The first-order valence-electron chi connectivity index (χ1n) is 12.8. The van der Waals surface area contributed by atoms with Crippen LogP contribution in [0.5, 0.6) is 11.5 Å². The van der Waals surface area contributed by atoms with Gasteiger partial charge in [-0.2, -0.15) is 13.2 Å². The van der Waals surface area contributed by atoms with Crippen LogP contribution in [-0.2, 0) is 6.54 Å². The Balaban J connectivity index is 1.79. The molecule has 2 aromatic carbocycles. The molecule has 0 atom stereocenters. The van der Waals surface area contributed by atoms with E-state index in [-0.39, 0.29) is 33.8 Å². The number of aromatic hydroxyl groups is 1. The molecule has 9 nitrogen and oxygen atoms in total. The Morgan fingerprint density at radius 2 is 1.85 bits per heavy atom. The van der Waals surface area contributed by atoms with Crippen molar-refractivity contribution in [1.29, 1.82) is 0 Å². The predicted molar refractivity (Wildman–Crippen MR) is 145 cm³/mol. The number of aromatic nitrogens is 3. The largest absolute Gasteiger partial charge is 0.507 e. The number of piperazine rings is 1. The molecule has 2 N–H and O–H groups in total. The van der Waals surface area contributed by atoms with Crippen LogP contribution in [-0.4, -0.2) is 88.6 Å². The highest BCUT2D eigenvalue weighted by Crippen LogP contribution is 2.39. The molecule has 216 valence electrons. The average Bonchev–Trinajstić information content (AvgIpc) is 3.32. The normalized spacial score (nSPS) is 15.0. The standard InChI is InChI=1S/C27H32ClF3N6O3/c1-16(2)18-12-19(22(38)13-23(18)40-4)24-33-34-25(26(39)32-15-27(29,30)31)37(24)21-6-5-17(11-20(21)28)14-36-9-7-35(3)8-10-36/h5-6,11-13,16,38H,7-10,14-15H2,1-4H3,(H,32,39). The molecule has 1 aliphatic heterocycles. The van der Waals surface area contributed by atoms with Gasteiger partial charge in [0.1, 0.15) is 18.0 Å². The summed E-state index contributed by atoms with van der Waals surface area (Å²) in [4.78, 5) is 17.4. The van der Waals surface area contributed by atoms with Crippen LogP contribution < -0.4 is 10.1 Å². The molecule has 1 aromatic heterocycles. The topological polar surface area (TPSA) is 95.8 Å². The minimum atomic E-state index is -4.62. The van der Waals surface area contributed by atoms with Gasteiger partial charge < -0.3 is 20.1 Å². The zero-order valence-corrected chi connectivity index (χ0v) is 23.5. The van der Waals surface area contributed by atoms with Gasteiger partial charge in [-0.05, 0) is 42.3 Å². The van der Waals surface area contributed by atoms with Crippen molar-refractivity contribution in [2.45, 2.75) is 32.5 Å². The highest BCUT2D eigenvalue weighted by Gasteiger charge is 2.31. The monoisotopic (exact) mass is 580 g/mol. The van der Waals surface area contributed by atoms with Crippen LogP contribution in [0.4, 0.5) is 13.2 Å². The first-order chi connectivity index (χ1) is 18.9. The number of phenols is 1. The van der Waals surface area contributed by atoms with Crippen molar-refractivity contribution in [2.24, 2.45) is 0 Å². The fourth-order valence-corrected chi connectivity index (χ4v) is 4.87. The number of halogens is 4. The van der Waals surface area contributed by atoms with Crippen molar-refractivity contribution in [3.8, 4) is 28.6 Å². The van der Waals surface area contributed by atoms with E-state index in [0.29, 0.717) is 12.3 Å². The SMILES string of the molecule is COc1cc(O)c(-c2nnc(C(=O)NCC(F)(F)F)n2-c2ccc(CN3CCN(C)CC3)cc2Cl)cc1C(C)C. The summed E-state index contributed by atoms with van der Waals surface area (Å²) in [6.45, 7) is 6.72. The number of methoxy groups -OCH3 is 1. The smallest absolute Gasteiger partial charge is 0.405 e. The number of likely N-dealkylation sites (N-methyl/N-ethyl adjacent to an activating group) is 1. The Kier molecular flexibility index (Phi) is 8.91. The van der Waals surface area contributed by atoms with Gasteiger partial charge in [-0.15, -0.1) is 10.2 Å². The number of nitrogens with one attached hydrogen (secondary N) is 1. The van der Waals surface area contributed by atoms with Gasteiger partial charge in [-0.1, -0.05) is 31.5 Å². The van der Waals surface area contributed by atoms with Gasteiger partial charge in [0, 0.05) is 38.8 Å². The molecular weight excluding hydrogens is 549 g/mol. The van der Waals surface area contributed by atoms with Gasteiger partial charge in [-0.25, -0.2) is 0 Å². The van der Waals surface area contributed by atoms with Crippen LogP contribution in [0.1, 0.15) is 41.5 Å². The lowest BCUT2D eigenvalue weighted by Gasteiger charge is -2.32. The molecule has 13 heteroatoms. The lowest BCUT2D eigenvalue weighted by molar-refractivity contribution is -0.123. The lowest BCUT2D eigenvalue weighted by atomic mass is 9.98. The molecule has 2 heterocycles. The highest BCUT2D eigenvalue weighted by molar-refractivity contribution is 6.32. The van der Waals surface area contributed by atoms with Gasteiger partial charge in [0.25, 0.3) is 5.91 Å². The summed E-state index contributed by atoms with van der Waals surface area (Å²) in [6, 6.07) is 8.35. The third-order valence-corrected chi connectivity index (χ3v) is 7.08. The van der Waals surface area contributed by atoms with E-state index < -0.39 is 24.5 Å². The molecule has 0 spiro atoms. The molecule has 1 aliphatic rings. The van der Waals surface area contributed by atoms with E-state index in [9.17, 15) is 23.1 Å². The molecule has 1 fully saturated rings. The van der Waals surface area contributed by atoms with Crippen molar-refractivity contribution < 1.29 is 27.8 Å². The summed E-state index contributed by atoms with van der Waals surface area (Å²) in [5.74, 6) is -1.22. The van der Waals surface area contributed by atoms with Crippen molar-refractivity contribution in [2.75, 3.05) is 46.9 Å². The Bertz CT molecular complexity index is 1370. The molecular formula is C27H32ClF3N6O3. The van der Waals surface area contributed by atoms with E-state index in [2.05, 4.69) is 27.0 Å². The second-order valence-corrected chi connectivity index (χ2v) is 10.5. The lowest BCUT2D eigenvalue weighted by Crippen LogP contribution is -2.43. The molecule has 1 amide bonds. The van der Waals surface area contributed by atoms with E-state index in [1.807, 2.05) is 25.2 Å². The minimum Gasteiger partial charge on any atom is -0.507 e. The highest BCUT2D eigenvalue weighted by atomic mass is 35.5. The summed E-state index contributed by atoms with van der Waals surface area (Å²) in [7, 11) is 3.56. The number of ether oxygens (including phenoxy) is 1. The minimum absolute atomic E-state index is 0.00216. The van der Waals surface area contributed by atoms with E-state index in [1.165, 1.54) is 17.7 Å². The number of phenolic OH excluding ortho intramolecular Hbond substituents is 1. The molecule has 4 rings (SSSR count). The first kappa shape index (κ1) is 29.6. The van der Waals surface area contributed by atoms with Crippen LogP contribution in [0.3, 0.4) is 0 Å². The fraction of sp³-hybridized carbons (Fsp3) is 0.444. The van der Waals surface area contributed by atoms with E-state index in [1.54, 1.807) is 18.2 Å². The maximum Gasteiger partial charge on any atom is 0.405 e. The van der Waals surface area contributed by atoms with Gasteiger partial charge >= 0.3 is 6.18 Å². The molecule has 40 heavy (non-hydrogen) atoms. The zero-order chi connectivity index (χ0) is 29.2. The number of carbonyl (C=O) groups excluding carboxylic acids is 1. The molecule has 1 saturated heterocycles. The number of amides is 1. The van der Waals surface area contributed by atoms with Gasteiger partial charge in [0.05, 0.1) is 23.4 Å². The average molecular weight is 581 g/mol. The summed E-state index contributed by atoms with van der Waals surface area (Å²) in [5, 5.41) is 21.0. The van der Waals surface area contributed by atoms with E-state index in [4.69, 9.17) is 16.3 Å². The second kappa shape index (κ2) is 12.0. The molecule has 0 bridgehead atoms. The Morgan fingerprint density at radius 1 is 1.15 bits per heavy atom. The summed E-state index contributed by atoms with van der Waals surface area (Å²) >= 11 is 6.72. The predicted octanol–water partition coefficient (Wildman–Crippen LogP) is 4.46. The fourth-order valence-electron chi connectivity index (χ4n) is 4.58. The molecule has 0 aliphatic carbocycles. The van der Waals surface area contributed by atoms with Crippen molar-refractivity contribution in [3.05, 3.63) is 52.3 Å². The Labute approximate surface area is 235 Å². The van der Waals surface area contributed by atoms with E-state index >= 15 is 0 Å². The van der Waals surface area contributed by atoms with Crippen LogP contribution in [0, 0.1) is 0 Å². The number of alkyl halides is 3. The van der Waals surface area contributed by atoms with Crippen LogP contribution in [0.15, 0.2) is 30.3 Å². The Morgan fingerprint density at radius 3 is 2.45 bits per heavy atom. The summed E-state index contributed by atoms with van der Waals surface area (Å²) in [5.41, 5.74) is 2.18. The second-order valence-electron chi connectivity index (χ2n) is 10.1. The molecule has 3 aromatic rings. The van der Waals surface area contributed by atoms with Crippen molar-refractivity contribution >= 4 is 17.5 Å². The van der Waals surface area contributed by atoms with Crippen LogP contribution >= 0.6 is 11.6 Å². The zero-order valence-electron chi connectivity index (χ0n) is 22.7. The van der Waals surface area contributed by atoms with Crippen LogP contribution in [0.2, 0.25) is 5.02 Å². The first-order valence-corrected chi connectivity index (χ1v) is 13.2. The molecule has 0 radical (unpaired) electrons.